The van der Waals surface area contributed by atoms with Crippen LogP contribution in [-0.4, -0.2) is 25.1 Å². The summed E-state index contributed by atoms with van der Waals surface area (Å²) in [4.78, 5) is 13.1. The number of halogens is 2. The van der Waals surface area contributed by atoms with E-state index in [9.17, 15) is 4.39 Å². The van der Waals surface area contributed by atoms with Crippen LogP contribution in [0.25, 0.3) is 33.3 Å². The van der Waals surface area contributed by atoms with Crippen LogP contribution < -0.4 is 5.32 Å². The van der Waals surface area contributed by atoms with Crippen LogP contribution >= 0.6 is 11.6 Å². The van der Waals surface area contributed by atoms with E-state index in [-0.39, 0.29) is 5.82 Å². The molecule has 0 atom stereocenters. The molecule has 0 radical (unpaired) electrons. The molecule has 0 saturated heterocycles. The molecule has 6 nitrogen and oxygen atoms in total. The average molecular weight is 417 g/mol. The van der Waals surface area contributed by atoms with Gasteiger partial charge in [0.2, 0.25) is 0 Å². The van der Waals surface area contributed by atoms with Crippen LogP contribution in [0.3, 0.4) is 0 Å². The van der Waals surface area contributed by atoms with Crippen LogP contribution in [0.15, 0.2) is 73.4 Å². The van der Waals surface area contributed by atoms with E-state index in [1.807, 2.05) is 30.3 Å². The zero-order valence-corrected chi connectivity index (χ0v) is 16.2. The Kier molecular flexibility index (Phi) is 4.57. The summed E-state index contributed by atoms with van der Waals surface area (Å²) in [5.41, 5.74) is 4.05. The van der Waals surface area contributed by atoms with Crippen LogP contribution in [0.4, 0.5) is 15.9 Å². The molecular weight excluding hydrogens is 403 g/mol. The van der Waals surface area contributed by atoms with Gasteiger partial charge < -0.3 is 5.32 Å². The maximum atomic E-state index is 14.5. The minimum absolute atomic E-state index is 0.347. The predicted octanol–water partition coefficient (Wildman–Crippen LogP) is 5.62. The molecule has 0 aliphatic rings. The number of fused-ring (bicyclic) bond motifs is 1. The molecule has 0 bridgehead atoms. The van der Waals surface area contributed by atoms with E-state index in [4.69, 9.17) is 11.6 Å². The van der Waals surface area contributed by atoms with Gasteiger partial charge in [-0.2, -0.15) is 5.10 Å². The van der Waals surface area contributed by atoms with Gasteiger partial charge in [0.1, 0.15) is 18.0 Å². The summed E-state index contributed by atoms with van der Waals surface area (Å²) >= 11 is 6.10. The molecule has 5 aromatic rings. The van der Waals surface area contributed by atoms with Gasteiger partial charge in [0.15, 0.2) is 0 Å². The molecule has 0 fully saturated rings. The molecule has 5 rings (SSSR count). The van der Waals surface area contributed by atoms with Gasteiger partial charge in [0, 0.05) is 33.9 Å². The Labute approximate surface area is 175 Å². The number of nitrogens with zero attached hydrogens (tertiary/aromatic N) is 4. The minimum atomic E-state index is -0.384. The van der Waals surface area contributed by atoms with Crippen molar-refractivity contribution in [2.75, 3.05) is 5.32 Å². The molecule has 0 aliphatic heterocycles. The largest absolute Gasteiger partial charge is 0.337 e. The van der Waals surface area contributed by atoms with Crippen molar-refractivity contribution in [2.45, 2.75) is 0 Å². The molecule has 2 N–H and O–H groups in total. The van der Waals surface area contributed by atoms with E-state index >= 15 is 0 Å². The lowest BCUT2D eigenvalue weighted by Gasteiger charge is -2.12. The first kappa shape index (κ1) is 18.2. The monoisotopic (exact) mass is 416 g/mol. The Morgan fingerprint density at radius 2 is 1.90 bits per heavy atom. The molecule has 2 aromatic carbocycles. The zero-order chi connectivity index (χ0) is 20.5. The Bertz CT molecular complexity index is 1350. The Balaban J connectivity index is 1.67. The lowest BCUT2D eigenvalue weighted by Crippen LogP contribution is -1.96. The maximum absolute atomic E-state index is 14.5. The normalized spacial score (nSPS) is 11.0. The third-order valence-electron chi connectivity index (χ3n) is 4.70. The molecule has 3 aromatic heterocycles. The van der Waals surface area contributed by atoms with E-state index in [0.717, 1.165) is 27.7 Å². The number of H-pyrrole nitrogens is 1. The fourth-order valence-corrected chi connectivity index (χ4v) is 3.48. The molecule has 8 heteroatoms. The number of rotatable bonds is 4. The van der Waals surface area contributed by atoms with Gasteiger partial charge in [-0.25, -0.2) is 14.4 Å². The number of aromatic amines is 1. The van der Waals surface area contributed by atoms with Gasteiger partial charge in [-0.1, -0.05) is 23.7 Å². The molecule has 0 unspecified atom stereocenters. The number of pyridine rings is 1. The van der Waals surface area contributed by atoms with E-state index in [0.29, 0.717) is 22.1 Å². The first-order chi connectivity index (χ1) is 14.7. The van der Waals surface area contributed by atoms with Crippen molar-refractivity contribution in [3.8, 4) is 22.4 Å². The topological polar surface area (TPSA) is 79.4 Å². The minimum Gasteiger partial charge on any atom is -0.337 e. The summed E-state index contributed by atoms with van der Waals surface area (Å²) in [7, 11) is 0. The maximum Gasteiger partial charge on any atom is 0.141 e. The van der Waals surface area contributed by atoms with Crippen molar-refractivity contribution < 1.29 is 4.39 Å². The average Bonchev–Trinajstić information content (AvgIpc) is 3.29. The molecule has 0 aliphatic carbocycles. The molecule has 146 valence electrons. The van der Waals surface area contributed by atoms with Crippen molar-refractivity contribution >= 4 is 34.0 Å². The standard InChI is InChI=1S/C22H14ClFN6/c23-14-4-5-19(24)17(9-14)21-16(2-1-7-25-21)13-3-6-20-18(8-13)22(27-12-26-20)30-15-10-28-29-11-15/h1-12H,(H,28,29)(H,26,27,30). The van der Waals surface area contributed by atoms with Crippen molar-refractivity contribution in [1.29, 1.82) is 0 Å². The van der Waals surface area contributed by atoms with Gasteiger partial charge in [0.05, 0.1) is 23.1 Å². The lowest BCUT2D eigenvalue weighted by atomic mass is 9.98. The fourth-order valence-electron chi connectivity index (χ4n) is 3.31. The highest BCUT2D eigenvalue weighted by Gasteiger charge is 2.15. The number of nitrogens with one attached hydrogen (secondary N) is 2. The van der Waals surface area contributed by atoms with E-state index in [2.05, 4.69) is 30.5 Å². The van der Waals surface area contributed by atoms with Crippen LogP contribution in [0, 0.1) is 5.82 Å². The lowest BCUT2D eigenvalue weighted by molar-refractivity contribution is 0.631. The highest BCUT2D eigenvalue weighted by atomic mass is 35.5. The van der Waals surface area contributed by atoms with Crippen LogP contribution in [0.5, 0.6) is 0 Å². The smallest absolute Gasteiger partial charge is 0.141 e. The van der Waals surface area contributed by atoms with E-state index in [1.165, 1.54) is 18.5 Å². The third-order valence-corrected chi connectivity index (χ3v) is 4.93. The summed E-state index contributed by atoms with van der Waals surface area (Å²) < 4.78 is 14.5. The van der Waals surface area contributed by atoms with Gasteiger partial charge >= 0.3 is 0 Å². The second-order valence-electron chi connectivity index (χ2n) is 6.59. The highest BCUT2D eigenvalue weighted by Crippen LogP contribution is 2.35. The number of hydrogen-bond acceptors (Lipinski definition) is 5. The van der Waals surface area contributed by atoms with E-state index in [1.54, 1.807) is 24.7 Å². The van der Waals surface area contributed by atoms with Crippen molar-refractivity contribution in [1.82, 2.24) is 25.1 Å². The summed E-state index contributed by atoms with van der Waals surface area (Å²) in [6.07, 6.45) is 6.54. The molecule has 30 heavy (non-hydrogen) atoms. The molecule has 0 amide bonds. The van der Waals surface area contributed by atoms with E-state index < -0.39 is 0 Å². The van der Waals surface area contributed by atoms with Crippen molar-refractivity contribution in [3.63, 3.8) is 0 Å². The molecule has 0 saturated carbocycles. The predicted molar refractivity (Wildman–Crippen MR) is 115 cm³/mol. The summed E-state index contributed by atoms with van der Waals surface area (Å²) in [5.74, 6) is 0.258. The summed E-state index contributed by atoms with van der Waals surface area (Å²) in [6.45, 7) is 0. The summed E-state index contributed by atoms with van der Waals surface area (Å²) in [6, 6.07) is 14.0. The fraction of sp³-hybridized carbons (Fsp3) is 0. The molecule has 0 spiro atoms. The van der Waals surface area contributed by atoms with Gasteiger partial charge in [-0.05, 0) is 42.0 Å². The van der Waals surface area contributed by atoms with Gasteiger partial charge in [-0.3, -0.25) is 10.1 Å². The van der Waals surface area contributed by atoms with Gasteiger partial charge in [0.25, 0.3) is 0 Å². The Morgan fingerprint density at radius 1 is 0.967 bits per heavy atom. The first-order valence-electron chi connectivity index (χ1n) is 9.10. The van der Waals surface area contributed by atoms with Crippen LogP contribution in [-0.2, 0) is 0 Å². The SMILES string of the molecule is Fc1ccc(Cl)cc1-c1ncccc1-c1ccc2ncnc(Nc3cn[nH]c3)c2c1. The third kappa shape index (κ3) is 3.35. The van der Waals surface area contributed by atoms with Crippen LogP contribution in [0.2, 0.25) is 5.02 Å². The van der Waals surface area contributed by atoms with Crippen molar-refractivity contribution in [3.05, 3.63) is 84.3 Å². The Hall–Kier alpha value is -3.84. The number of benzene rings is 2. The van der Waals surface area contributed by atoms with Gasteiger partial charge in [-0.15, -0.1) is 0 Å². The first-order valence-corrected chi connectivity index (χ1v) is 9.48. The molecule has 3 heterocycles. The number of anilines is 2. The quantitative estimate of drug-likeness (QED) is 0.397. The molecular formula is C22H14ClFN6. The zero-order valence-electron chi connectivity index (χ0n) is 15.5. The highest BCUT2D eigenvalue weighted by molar-refractivity contribution is 6.30. The summed E-state index contributed by atoms with van der Waals surface area (Å²) in [5, 5.41) is 11.2. The second-order valence-corrected chi connectivity index (χ2v) is 7.03. The second kappa shape index (κ2) is 7.53. The van der Waals surface area contributed by atoms with Crippen molar-refractivity contribution in [2.24, 2.45) is 0 Å². The van der Waals surface area contributed by atoms with Crippen LogP contribution in [0.1, 0.15) is 0 Å². The Morgan fingerprint density at radius 3 is 2.77 bits per heavy atom. The number of hydrogen-bond donors (Lipinski definition) is 2. The number of aromatic nitrogens is 5.